The van der Waals surface area contributed by atoms with E-state index >= 15 is 0 Å². The van der Waals surface area contributed by atoms with E-state index in [1.807, 2.05) is 0 Å². The number of carbonyl (C=O) groups is 1. The summed E-state index contributed by atoms with van der Waals surface area (Å²) in [4.78, 5) is 9.00. The van der Waals surface area contributed by atoms with E-state index in [4.69, 9.17) is 15.6 Å². The van der Waals surface area contributed by atoms with Crippen LogP contribution in [0.5, 0.6) is 0 Å². The number of rotatable bonds is 0. The molecule has 0 aliphatic heterocycles. The molecule has 2 unspecified atom stereocenters. The van der Waals surface area contributed by atoms with Crippen molar-refractivity contribution >= 4 is 5.97 Å². The molecule has 0 radical (unpaired) electrons. The van der Waals surface area contributed by atoms with Crippen molar-refractivity contribution in [3.63, 3.8) is 0 Å². The van der Waals surface area contributed by atoms with Crippen molar-refractivity contribution < 1.29 is 9.90 Å². The summed E-state index contributed by atoms with van der Waals surface area (Å²) in [5.41, 5.74) is 6.16. The molecule has 0 heterocycles. The fourth-order valence-electron chi connectivity index (χ4n) is 1.53. The summed E-state index contributed by atoms with van der Waals surface area (Å²) < 4.78 is 0. The van der Waals surface area contributed by atoms with Crippen LogP contribution in [0.15, 0.2) is 0 Å². The molecular formula is C10H21NO2. The zero-order valence-corrected chi connectivity index (χ0v) is 8.84. The average Bonchev–Trinajstić information content (AvgIpc) is 1.94. The van der Waals surface area contributed by atoms with Crippen LogP contribution in [-0.2, 0) is 4.79 Å². The highest BCUT2D eigenvalue weighted by molar-refractivity contribution is 5.62. The van der Waals surface area contributed by atoms with Gasteiger partial charge in [-0.1, -0.05) is 19.8 Å². The quantitative estimate of drug-likeness (QED) is 0.609. The third kappa shape index (κ3) is 5.64. The lowest BCUT2D eigenvalue weighted by Gasteiger charge is -2.35. The molecule has 0 amide bonds. The summed E-state index contributed by atoms with van der Waals surface area (Å²) >= 11 is 0. The first-order chi connectivity index (χ1) is 5.86. The van der Waals surface area contributed by atoms with Crippen molar-refractivity contribution in [3.8, 4) is 0 Å². The Hall–Kier alpha value is -0.570. The summed E-state index contributed by atoms with van der Waals surface area (Å²) in [6.45, 7) is 5.52. The van der Waals surface area contributed by atoms with Crippen LogP contribution in [0.2, 0.25) is 0 Å². The van der Waals surface area contributed by atoms with Gasteiger partial charge in [0.1, 0.15) is 0 Å². The lowest BCUT2D eigenvalue weighted by molar-refractivity contribution is -0.134. The molecule has 0 saturated heterocycles. The number of hydrogen-bond acceptors (Lipinski definition) is 2. The molecule has 1 aliphatic carbocycles. The largest absolute Gasteiger partial charge is 0.481 e. The zero-order chi connectivity index (χ0) is 10.5. The van der Waals surface area contributed by atoms with E-state index in [1.165, 1.54) is 25.7 Å². The maximum atomic E-state index is 9.00. The van der Waals surface area contributed by atoms with Gasteiger partial charge in [0.2, 0.25) is 0 Å². The standard InChI is InChI=1S/C8H17N.C2H4O2/c1-7-5-3-4-6-8(7,2)9;1-2(3)4/h7H,3-6,9H2,1-2H3;1H3,(H,3,4). The molecule has 0 aromatic heterocycles. The third-order valence-corrected chi connectivity index (χ3v) is 2.73. The van der Waals surface area contributed by atoms with Gasteiger partial charge in [-0.05, 0) is 25.7 Å². The minimum Gasteiger partial charge on any atom is -0.481 e. The molecule has 13 heavy (non-hydrogen) atoms. The molecule has 3 heteroatoms. The SMILES string of the molecule is CC(=O)O.CC1CCCCC1(C)N. The maximum Gasteiger partial charge on any atom is 0.300 e. The summed E-state index contributed by atoms with van der Waals surface area (Å²) in [7, 11) is 0. The van der Waals surface area contributed by atoms with E-state index in [0.717, 1.165) is 12.8 Å². The van der Waals surface area contributed by atoms with Gasteiger partial charge in [0.15, 0.2) is 0 Å². The molecule has 1 aliphatic rings. The number of aliphatic carboxylic acids is 1. The van der Waals surface area contributed by atoms with Gasteiger partial charge in [0.05, 0.1) is 0 Å². The first-order valence-electron chi connectivity index (χ1n) is 4.84. The van der Waals surface area contributed by atoms with Gasteiger partial charge >= 0.3 is 0 Å². The molecule has 0 aromatic carbocycles. The van der Waals surface area contributed by atoms with Crippen LogP contribution in [0, 0.1) is 5.92 Å². The Bertz CT molecular complexity index is 162. The Kier molecular flexibility index (Phi) is 4.99. The average molecular weight is 187 g/mol. The van der Waals surface area contributed by atoms with Gasteiger partial charge in [-0.15, -0.1) is 0 Å². The van der Waals surface area contributed by atoms with Crippen LogP contribution < -0.4 is 5.73 Å². The van der Waals surface area contributed by atoms with Crippen LogP contribution in [0.1, 0.15) is 46.5 Å². The van der Waals surface area contributed by atoms with Crippen molar-refractivity contribution in [2.45, 2.75) is 52.0 Å². The highest BCUT2D eigenvalue weighted by Gasteiger charge is 2.28. The first-order valence-corrected chi connectivity index (χ1v) is 4.84. The van der Waals surface area contributed by atoms with E-state index in [2.05, 4.69) is 13.8 Å². The fourth-order valence-corrected chi connectivity index (χ4v) is 1.53. The summed E-state index contributed by atoms with van der Waals surface area (Å²) in [5, 5.41) is 7.42. The number of carboxylic acid groups (broad SMARTS) is 1. The van der Waals surface area contributed by atoms with E-state index in [1.54, 1.807) is 0 Å². The summed E-state index contributed by atoms with van der Waals surface area (Å²) in [5.74, 6) is -0.105. The summed E-state index contributed by atoms with van der Waals surface area (Å²) in [6, 6.07) is 0. The van der Waals surface area contributed by atoms with Crippen molar-refractivity contribution in [2.24, 2.45) is 11.7 Å². The number of hydrogen-bond donors (Lipinski definition) is 2. The van der Waals surface area contributed by atoms with E-state index in [-0.39, 0.29) is 5.54 Å². The molecule has 1 fully saturated rings. The van der Waals surface area contributed by atoms with Gasteiger partial charge in [-0.3, -0.25) is 4.79 Å². The lowest BCUT2D eigenvalue weighted by Crippen LogP contribution is -2.44. The number of nitrogens with two attached hydrogens (primary N) is 1. The number of carboxylic acids is 1. The predicted octanol–water partition coefficient (Wildman–Crippen LogP) is 2.00. The van der Waals surface area contributed by atoms with Gasteiger partial charge in [0.25, 0.3) is 5.97 Å². The second-order valence-corrected chi connectivity index (χ2v) is 4.17. The molecular weight excluding hydrogens is 166 g/mol. The lowest BCUT2D eigenvalue weighted by atomic mass is 9.76. The minimum absolute atomic E-state index is 0.137. The Morgan fingerprint density at radius 3 is 2.23 bits per heavy atom. The van der Waals surface area contributed by atoms with Crippen LogP contribution in [0.3, 0.4) is 0 Å². The minimum atomic E-state index is -0.833. The Morgan fingerprint density at radius 1 is 1.54 bits per heavy atom. The maximum absolute atomic E-state index is 9.00. The molecule has 3 N–H and O–H groups in total. The summed E-state index contributed by atoms with van der Waals surface area (Å²) in [6.07, 6.45) is 5.26. The Labute approximate surface area is 80.3 Å². The monoisotopic (exact) mass is 187 g/mol. The van der Waals surface area contributed by atoms with Crippen LogP contribution in [-0.4, -0.2) is 16.6 Å². The van der Waals surface area contributed by atoms with Crippen molar-refractivity contribution in [1.29, 1.82) is 0 Å². The van der Waals surface area contributed by atoms with Crippen LogP contribution >= 0.6 is 0 Å². The normalized spacial score (nSPS) is 33.1. The topological polar surface area (TPSA) is 63.3 Å². The van der Waals surface area contributed by atoms with Crippen molar-refractivity contribution in [3.05, 3.63) is 0 Å². The molecule has 0 aromatic rings. The molecule has 2 atom stereocenters. The third-order valence-electron chi connectivity index (χ3n) is 2.73. The van der Waals surface area contributed by atoms with Crippen molar-refractivity contribution in [1.82, 2.24) is 0 Å². The molecule has 0 bridgehead atoms. The van der Waals surface area contributed by atoms with Gasteiger partial charge in [0, 0.05) is 12.5 Å². The Balaban J connectivity index is 0.000000310. The molecule has 0 spiro atoms. The highest BCUT2D eigenvalue weighted by atomic mass is 16.4. The van der Waals surface area contributed by atoms with E-state index in [0.29, 0.717) is 0 Å². The molecule has 78 valence electrons. The molecule has 1 rings (SSSR count). The predicted molar refractivity (Wildman–Crippen MR) is 53.5 cm³/mol. The molecule has 3 nitrogen and oxygen atoms in total. The Morgan fingerprint density at radius 2 is 2.00 bits per heavy atom. The molecule has 1 saturated carbocycles. The van der Waals surface area contributed by atoms with Crippen LogP contribution in [0.25, 0.3) is 0 Å². The van der Waals surface area contributed by atoms with Crippen molar-refractivity contribution in [2.75, 3.05) is 0 Å². The van der Waals surface area contributed by atoms with Gasteiger partial charge in [-0.2, -0.15) is 0 Å². The highest BCUT2D eigenvalue weighted by Crippen LogP contribution is 2.30. The zero-order valence-electron chi connectivity index (χ0n) is 8.84. The second-order valence-electron chi connectivity index (χ2n) is 4.17. The second kappa shape index (κ2) is 5.22. The van der Waals surface area contributed by atoms with E-state index in [9.17, 15) is 0 Å². The van der Waals surface area contributed by atoms with Gasteiger partial charge < -0.3 is 10.8 Å². The first kappa shape index (κ1) is 12.4. The van der Waals surface area contributed by atoms with E-state index < -0.39 is 5.97 Å². The van der Waals surface area contributed by atoms with Crippen LogP contribution in [0.4, 0.5) is 0 Å². The fraction of sp³-hybridized carbons (Fsp3) is 0.900. The van der Waals surface area contributed by atoms with Gasteiger partial charge in [-0.25, -0.2) is 0 Å². The smallest absolute Gasteiger partial charge is 0.300 e.